The van der Waals surface area contributed by atoms with Crippen LogP contribution in [0.15, 0.2) is 0 Å². The van der Waals surface area contributed by atoms with E-state index in [0.29, 0.717) is 13.0 Å². The van der Waals surface area contributed by atoms with Gasteiger partial charge in [0.05, 0.1) is 0 Å². The molecular formula is C8H23N3O2. The molecule has 0 aromatic rings. The molecule has 0 rings (SSSR count). The summed E-state index contributed by atoms with van der Waals surface area (Å²) >= 11 is 0. The smallest absolute Gasteiger partial charge is 0.0474 e. The standard InChI is InChI=1S/C4H12N2O.C4H11NO/c5-3-4(6)1-2-7;1-6-4-2-3-5/h4,7H,1-3,5-6H2;2-5H2,1H3. The summed E-state index contributed by atoms with van der Waals surface area (Å²) in [6.45, 7) is 2.11. The average molecular weight is 193 g/mol. The van der Waals surface area contributed by atoms with Gasteiger partial charge in [-0.1, -0.05) is 0 Å². The van der Waals surface area contributed by atoms with Crippen molar-refractivity contribution in [2.45, 2.75) is 18.9 Å². The lowest BCUT2D eigenvalue weighted by atomic mass is 10.2. The summed E-state index contributed by atoms with van der Waals surface area (Å²) in [5.41, 5.74) is 15.6. The third-order valence-electron chi connectivity index (χ3n) is 1.36. The Balaban J connectivity index is 0. The van der Waals surface area contributed by atoms with E-state index in [2.05, 4.69) is 0 Å². The van der Waals surface area contributed by atoms with E-state index in [4.69, 9.17) is 27.0 Å². The highest BCUT2D eigenvalue weighted by Gasteiger charge is 1.93. The van der Waals surface area contributed by atoms with Crippen LogP contribution in [0.4, 0.5) is 0 Å². The first-order chi connectivity index (χ1) is 6.22. The van der Waals surface area contributed by atoms with Crippen LogP contribution >= 0.6 is 0 Å². The number of rotatable bonds is 6. The Labute approximate surface area is 80.2 Å². The van der Waals surface area contributed by atoms with Gasteiger partial charge in [0.1, 0.15) is 0 Å². The molecule has 0 aliphatic heterocycles. The summed E-state index contributed by atoms with van der Waals surface area (Å²) in [7, 11) is 1.68. The van der Waals surface area contributed by atoms with Gasteiger partial charge in [-0.05, 0) is 19.4 Å². The van der Waals surface area contributed by atoms with E-state index in [9.17, 15) is 0 Å². The van der Waals surface area contributed by atoms with Crippen molar-refractivity contribution in [3.63, 3.8) is 0 Å². The Bertz CT molecular complexity index is 79.8. The van der Waals surface area contributed by atoms with Crippen LogP contribution in [0.1, 0.15) is 12.8 Å². The van der Waals surface area contributed by atoms with Crippen LogP contribution in [0.5, 0.6) is 0 Å². The normalized spacial score (nSPS) is 11.8. The molecule has 0 radical (unpaired) electrons. The summed E-state index contributed by atoms with van der Waals surface area (Å²) in [4.78, 5) is 0. The lowest BCUT2D eigenvalue weighted by molar-refractivity contribution is 0.197. The van der Waals surface area contributed by atoms with Crippen LogP contribution in [0.3, 0.4) is 0 Å². The van der Waals surface area contributed by atoms with E-state index < -0.39 is 0 Å². The molecule has 0 aliphatic rings. The molecule has 0 heterocycles. The zero-order chi connectivity index (χ0) is 10.5. The van der Waals surface area contributed by atoms with Crippen molar-refractivity contribution in [3.05, 3.63) is 0 Å². The van der Waals surface area contributed by atoms with Crippen LogP contribution < -0.4 is 17.2 Å². The molecule has 0 saturated heterocycles. The molecule has 0 aromatic heterocycles. The van der Waals surface area contributed by atoms with Crippen molar-refractivity contribution in [2.75, 3.05) is 33.4 Å². The molecule has 0 bridgehead atoms. The minimum Gasteiger partial charge on any atom is -0.396 e. The predicted octanol–water partition coefficient (Wildman–Crippen LogP) is -1.36. The fourth-order valence-corrected chi connectivity index (χ4v) is 0.511. The molecule has 0 saturated carbocycles. The van der Waals surface area contributed by atoms with E-state index in [1.54, 1.807) is 7.11 Å². The number of aliphatic hydroxyl groups is 1. The predicted molar refractivity (Wildman–Crippen MR) is 54.3 cm³/mol. The summed E-state index contributed by atoms with van der Waals surface area (Å²) in [6, 6.07) is -0.0231. The van der Waals surface area contributed by atoms with Gasteiger partial charge in [0.25, 0.3) is 0 Å². The monoisotopic (exact) mass is 193 g/mol. The number of ether oxygens (including phenoxy) is 1. The topological polar surface area (TPSA) is 108 Å². The van der Waals surface area contributed by atoms with Crippen molar-refractivity contribution in [1.82, 2.24) is 0 Å². The van der Waals surface area contributed by atoms with Gasteiger partial charge in [0, 0.05) is 32.9 Å². The van der Waals surface area contributed by atoms with E-state index in [1.165, 1.54) is 0 Å². The Morgan fingerprint density at radius 3 is 2.15 bits per heavy atom. The summed E-state index contributed by atoms with van der Waals surface area (Å²) in [5, 5.41) is 8.23. The van der Waals surface area contributed by atoms with E-state index >= 15 is 0 Å². The molecule has 5 heteroatoms. The Morgan fingerprint density at radius 2 is 2.00 bits per heavy atom. The molecule has 13 heavy (non-hydrogen) atoms. The van der Waals surface area contributed by atoms with Gasteiger partial charge >= 0.3 is 0 Å². The van der Waals surface area contributed by atoms with Gasteiger partial charge in [-0.25, -0.2) is 0 Å². The van der Waals surface area contributed by atoms with E-state index in [0.717, 1.165) is 19.6 Å². The minimum absolute atomic E-state index is 0.0231. The third kappa shape index (κ3) is 18.6. The van der Waals surface area contributed by atoms with Crippen LogP contribution in [0, 0.1) is 0 Å². The first-order valence-electron chi connectivity index (χ1n) is 4.48. The zero-order valence-corrected chi connectivity index (χ0v) is 8.41. The molecule has 0 aliphatic carbocycles. The van der Waals surface area contributed by atoms with Crippen molar-refractivity contribution in [2.24, 2.45) is 17.2 Å². The number of nitrogens with two attached hydrogens (primary N) is 3. The molecular weight excluding hydrogens is 170 g/mol. The molecule has 0 fully saturated rings. The largest absolute Gasteiger partial charge is 0.396 e. The molecule has 0 amide bonds. The molecule has 0 aromatic carbocycles. The maximum absolute atomic E-state index is 8.23. The third-order valence-corrected chi connectivity index (χ3v) is 1.36. The highest BCUT2D eigenvalue weighted by Crippen LogP contribution is 1.79. The van der Waals surface area contributed by atoms with Crippen LogP contribution in [-0.4, -0.2) is 44.6 Å². The average Bonchev–Trinajstić information content (AvgIpc) is 2.16. The highest BCUT2D eigenvalue weighted by molar-refractivity contribution is 4.58. The van der Waals surface area contributed by atoms with Gasteiger partial charge in [-0.2, -0.15) is 0 Å². The van der Waals surface area contributed by atoms with Crippen molar-refractivity contribution in [1.29, 1.82) is 0 Å². The number of aliphatic hydroxyl groups excluding tert-OH is 1. The SMILES string of the molecule is COCCCN.NCC(N)CCO. The van der Waals surface area contributed by atoms with Crippen LogP contribution in [-0.2, 0) is 4.74 Å². The van der Waals surface area contributed by atoms with Gasteiger partial charge in [0.15, 0.2) is 0 Å². The van der Waals surface area contributed by atoms with Gasteiger partial charge in [-0.15, -0.1) is 0 Å². The number of methoxy groups -OCH3 is 1. The zero-order valence-electron chi connectivity index (χ0n) is 8.41. The summed E-state index contributed by atoms with van der Waals surface area (Å²) in [6.07, 6.45) is 1.58. The van der Waals surface area contributed by atoms with Crippen molar-refractivity contribution >= 4 is 0 Å². The molecule has 1 unspecified atom stereocenters. The maximum atomic E-state index is 8.23. The lowest BCUT2D eigenvalue weighted by Gasteiger charge is -2.02. The molecule has 5 nitrogen and oxygen atoms in total. The van der Waals surface area contributed by atoms with Crippen LogP contribution in [0.2, 0.25) is 0 Å². The number of hydrogen-bond donors (Lipinski definition) is 4. The Hall–Kier alpha value is -0.200. The second-order valence-electron chi connectivity index (χ2n) is 2.64. The first kappa shape index (κ1) is 15.3. The van der Waals surface area contributed by atoms with Crippen LogP contribution in [0.25, 0.3) is 0 Å². The van der Waals surface area contributed by atoms with E-state index in [-0.39, 0.29) is 12.6 Å². The maximum Gasteiger partial charge on any atom is 0.0474 e. The second-order valence-corrected chi connectivity index (χ2v) is 2.64. The summed E-state index contributed by atoms with van der Waals surface area (Å²) in [5.74, 6) is 0. The highest BCUT2D eigenvalue weighted by atomic mass is 16.5. The summed E-state index contributed by atoms with van der Waals surface area (Å²) < 4.78 is 4.70. The van der Waals surface area contributed by atoms with Crippen molar-refractivity contribution in [3.8, 4) is 0 Å². The minimum atomic E-state index is -0.0231. The fourth-order valence-electron chi connectivity index (χ4n) is 0.511. The fraction of sp³-hybridized carbons (Fsp3) is 1.00. The Morgan fingerprint density at radius 1 is 1.38 bits per heavy atom. The van der Waals surface area contributed by atoms with Crippen molar-refractivity contribution < 1.29 is 9.84 Å². The first-order valence-corrected chi connectivity index (χ1v) is 4.48. The molecule has 7 N–H and O–H groups in total. The quantitative estimate of drug-likeness (QED) is 0.390. The van der Waals surface area contributed by atoms with E-state index in [1.807, 2.05) is 0 Å². The molecule has 82 valence electrons. The Kier molecular flexibility index (Phi) is 16.8. The number of hydrogen-bond acceptors (Lipinski definition) is 5. The van der Waals surface area contributed by atoms with Gasteiger partial charge < -0.3 is 27.0 Å². The van der Waals surface area contributed by atoms with Gasteiger partial charge in [0.2, 0.25) is 0 Å². The molecule has 0 spiro atoms. The lowest BCUT2D eigenvalue weighted by Crippen LogP contribution is -2.30. The molecule has 1 atom stereocenters. The second kappa shape index (κ2) is 14.3. The van der Waals surface area contributed by atoms with Gasteiger partial charge in [-0.3, -0.25) is 0 Å².